The van der Waals surface area contributed by atoms with Crippen molar-refractivity contribution in [1.82, 2.24) is 0 Å². The summed E-state index contributed by atoms with van der Waals surface area (Å²) in [6.45, 7) is 6.81. The fraction of sp³-hybridized carbons (Fsp3) is 0.727. The Labute approximate surface area is 157 Å². The van der Waals surface area contributed by atoms with E-state index < -0.39 is 0 Å². The van der Waals surface area contributed by atoms with Crippen molar-refractivity contribution >= 4 is 12.4 Å². The third-order valence-corrected chi connectivity index (χ3v) is 4.85. The van der Waals surface area contributed by atoms with Crippen LogP contribution >= 0.6 is 12.4 Å². The molecule has 0 spiro atoms. The SMILES string of the molecule is CCCCCCCCCC(N)c1cccc(CCC)c1CCC.Cl. The van der Waals surface area contributed by atoms with Crippen molar-refractivity contribution in [3.05, 3.63) is 34.9 Å². The van der Waals surface area contributed by atoms with Gasteiger partial charge in [-0.05, 0) is 36.0 Å². The molecule has 2 heteroatoms. The van der Waals surface area contributed by atoms with E-state index in [1.54, 1.807) is 5.56 Å². The molecule has 0 saturated heterocycles. The summed E-state index contributed by atoms with van der Waals surface area (Å²) >= 11 is 0. The molecule has 0 aliphatic carbocycles. The van der Waals surface area contributed by atoms with Gasteiger partial charge in [-0.25, -0.2) is 0 Å². The third-order valence-electron chi connectivity index (χ3n) is 4.85. The quantitative estimate of drug-likeness (QED) is 0.374. The van der Waals surface area contributed by atoms with Crippen LogP contribution in [-0.2, 0) is 12.8 Å². The standard InChI is InChI=1S/C22H39N.ClH/c1-4-7-8-9-10-11-12-18-22(23)21-17-13-16-19(14-5-2)20(21)15-6-3;/h13,16-17,22H,4-12,14-15,18,23H2,1-3H3;1H. The van der Waals surface area contributed by atoms with Gasteiger partial charge in [-0.15, -0.1) is 12.4 Å². The molecule has 0 bridgehead atoms. The monoisotopic (exact) mass is 353 g/mol. The molecule has 0 saturated carbocycles. The number of unbranched alkanes of at least 4 members (excludes halogenated alkanes) is 6. The van der Waals surface area contributed by atoms with Gasteiger partial charge in [0.2, 0.25) is 0 Å². The highest BCUT2D eigenvalue weighted by molar-refractivity contribution is 5.85. The zero-order valence-electron chi connectivity index (χ0n) is 16.3. The van der Waals surface area contributed by atoms with Gasteiger partial charge in [-0.1, -0.05) is 96.8 Å². The Bertz CT molecular complexity index is 416. The Morgan fingerprint density at radius 1 is 0.792 bits per heavy atom. The molecule has 0 aliphatic heterocycles. The van der Waals surface area contributed by atoms with Crippen molar-refractivity contribution in [1.29, 1.82) is 0 Å². The van der Waals surface area contributed by atoms with Crippen LogP contribution in [0.25, 0.3) is 0 Å². The molecule has 0 fully saturated rings. The first-order valence-electron chi connectivity index (χ1n) is 10.1. The molecular formula is C22H40ClN. The minimum absolute atomic E-state index is 0. The van der Waals surface area contributed by atoms with Gasteiger partial charge in [0.05, 0.1) is 0 Å². The topological polar surface area (TPSA) is 26.0 Å². The summed E-state index contributed by atoms with van der Waals surface area (Å²) in [4.78, 5) is 0. The summed E-state index contributed by atoms with van der Waals surface area (Å²) in [5.74, 6) is 0. The Balaban J connectivity index is 0.00000529. The van der Waals surface area contributed by atoms with E-state index in [0.29, 0.717) is 0 Å². The van der Waals surface area contributed by atoms with Crippen LogP contribution in [0.1, 0.15) is 108 Å². The van der Waals surface area contributed by atoms with Crippen LogP contribution in [0, 0.1) is 0 Å². The van der Waals surface area contributed by atoms with Crippen molar-refractivity contribution < 1.29 is 0 Å². The molecule has 1 aromatic carbocycles. The maximum Gasteiger partial charge on any atom is 0.0297 e. The lowest BCUT2D eigenvalue weighted by Crippen LogP contribution is -2.14. The van der Waals surface area contributed by atoms with Gasteiger partial charge in [-0.3, -0.25) is 0 Å². The molecule has 1 aromatic rings. The van der Waals surface area contributed by atoms with E-state index in [1.165, 1.54) is 81.8 Å². The lowest BCUT2D eigenvalue weighted by Gasteiger charge is -2.19. The van der Waals surface area contributed by atoms with E-state index in [-0.39, 0.29) is 18.4 Å². The van der Waals surface area contributed by atoms with E-state index in [1.807, 2.05) is 0 Å². The largest absolute Gasteiger partial charge is 0.324 e. The summed E-state index contributed by atoms with van der Waals surface area (Å²) in [6.07, 6.45) is 15.5. The highest BCUT2D eigenvalue weighted by Crippen LogP contribution is 2.26. The summed E-state index contributed by atoms with van der Waals surface area (Å²) in [7, 11) is 0. The smallest absolute Gasteiger partial charge is 0.0297 e. The van der Waals surface area contributed by atoms with E-state index in [9.17, 15) is 0 Å². The molecule has 2 N–H and O–H groups in total. The summed E-state index contributed by atoms with van der Waals surface area (Å²) in [5, 5.41) is 0. The van der Waals surface area contributed by atoms with Crippen molar-refractivity contribution in [2.24, 2.45) is 5.73 Å². The van der Waals surface area contributed by atoms with E-state index in [4.69, 9.17) is 5.73 Å². The number of rotatable bonds is 13. The number of nitrogens with two attached hydrogens (primary N) is 1. The number of hydrogen-bond acceptors (Lipinski definition) is 1. The molecule has 0 radical (unpaired) electrons. The van der Waals surface area contributed by atoms with Crippen molar-refractivity contribution in [3.8, 4) is 0 Å². The summed E-state index contributed by atoms with van der Waals surface area (Å²) in [5.41, 5.74) is 11.1. The fourth-order valence-corrected chi connectivity index (χ4v) is 3.54. The maximum atomic E-state index is 6.55. The van der Waals surface area contributed by atoms with Crippen LogP contribution in [0.15, 0.2) is 18.2 Å². The molecular weight excluding hydrogens is 314 g/mol. The Kier molecular flexibility index (Phi) is 14.5. The Morgan fingerprint density at radius 2 is 1.42 bits per heavy atom. The van der Waals surface area contributed by atoms with Crippen molar-refractivity contribution in [3.63, 3.8) is 0 Å². The van der Waals surface area contributed by atoms with Gasteiger partial charge in [0.25, 0.3) is 0 Å². The Morgan fingerprint density at radius 3 is 2.04 bits per heavy atom. The number of hydrogen-bond donors (Lipinski definition) is 1. The average molecular weight is 354 g/mol. The van der Waals surface area contributed by atoms with Crippen LogP contribution in [0.3, 0.4) is 0 Å². The molecule has 140 valence electrons. The van der Waals surface area contributed by atoms with Gasteiger partial charge in [0, 0.05) is 6.04 Å². The number of halogens is 1. The molecule has 0 aliphatic rings. The van der Waals surface area contributed by atoms with Gasteiger partial charge >= 0.3 is 0 Å². The highest BCUT2D eigenvalue weighted by atomic mass is 35.5. The van der Waals surface area contributed by atoms with Gasteiger partial charge in [0.1, 0.15) is 0 Å². The predicted octanol–water partition coefficient (Wildman–Crippen LogP) is 7.15. The van der Waals surface area contributed by atoms with Gasteiger partial charge < -0.3 is 5.73 Å². The second-order valence-electron chi connectivity index (χ2n) is 7.00. The zero-order chi connectivity index (χ0) is 16.9. The van der Waals surface area contributed by atoms with Crippen LogP contribution < -0.4 is 5.73 Å². The van der Waals surface area contributed by atoms with Crippen LogP contribution in [-0.4, -0.2) is 0 Å². The third kappa shape index (κ3) is 8.53. The Hall–Kier alpha value is -0.530. The first kappa shape index (κ1) is 23.5. The lowest BCUT2D eigenvalue weighted by molar-refractivity contribution is 0.538. The second kappa shape index (κ2) is 14.8. The molecule has 0 heterocycles. The van der Waals surface area contributed by atoms with Gasteiger partial charge in [-0.2, -0.15) is 0 Å². The summed E-state index contributed by atoms with van der Waals surface area (Å²) < 4.78 is 0. The molecule has 1 nitrogen and oxygen atoms in total. The van der Waals surface area contributed by atoms with E-state index >= 15 is 0 Å². The number of benzene rings is 1. The lowest BCUT2D eigenvalue weighted by atomic mass is 9.89. The zero-order valence-corrected chi connectivity index (χ0v) is 17.1. The van der Waals surface area contributed by atoms with Crippen LogP contribution in [0.4, 0.5) is 0 Å². The van der Waals surface area contributed by atoms with Crippen LogP contribution in [0.2, 0.25) is 0 Å². The van der Waals surface area contributed by atoms with Crippen LogP contribution in [0.5, 0.6) is 0 Å². The minimum Gasteiger partial charge on any atom is -0.324 e. The fourth-order valence-electron chi connectivity index (χ4n) is 3.54. The normalized spacial score (nSPS) is 12.0. The predicted molar refractivity (Wildman–Crippen MR) is 111 cm³/mol. The first-order chi connectivity index (χ1) is 11.2. The van der Waals surface area contributed by atoms with Crippen molar-refractivity contribution in [2.75, 3.05) is 0 Å². The average Bonchev–Trinajstić information content (AvgIpc) is 2.56. The number of aryl methyl sites for hydroxylation is 1. The highest BCUT2D eigenvalue weighted by Gasteiger charge is 2.13. The minimum atomic E-state index is 0. The summed E-state index contributed by atoms with van der Waals surface area (Å²) in [6, 6.07) is 7.02. The first-order valence-corrected chi connectivity index (χ1v) is 10.1. The molecule has 0 aromatic heterocycles. The van der Waals surface area contributed by atoms with E-state index in [0.717, 1.165) is 6.42 Å². The molecule has 1 rings (SSSR count). The molecule has 1 unspecified atom stereocenters. The second-order valence-corrected chi connectivity index (χ2v) is 7.00. The van der Waals surface area contributed by atoms with E-state index in [2.05, 4.69) is 39.0 Å². The molecule has 24 heavy (non-hydrogen) atoms. The molecule has 1 atom stereocenters. The maximum absolute atomic E-state index is 6.55. The molecule has 0 amide bonds. The van der Waals surface area contributed by atoms with Crippen molar-refractivity contribution in [2.45, 2.75) is 104 Å². The van der Waals surface area contributed by atoms with Gasteiger partial charge in [0.15, 0.2) is 0 Å².